The lowest BCUT2D eigenvalue weighted by Crippen LogP contribution is -2.35. The molecule has 0 fully saturated rings. The van der Waals surface area contributed by atoms with Crippen LogP contribution in [0.4, 0.5) is 0 Å². The molecule has 2 heterocycles. The molecule has 4 nitrogen and oxygen atoms in total. The number of aryl methyl sites for hydroxylation is 1. The highest BCUT2D eigenvalue weighted by Crippen LogP contribution is 2.23. The van der Waals surface area contributed by atoms with Gasteiger partial charge in [-0.1, -0.05) is 0 Å². The third kappa shape index (κ3) is 5.44. The van der Waals surface area contributed by atoms with E-state index < -0.39 is 0 Å². The van der Waals surface area contributed by atoms with Gasteiger partial charge in [-0.3, -0.25) is 4.98 Å². The predicted octanol–water partition coefficient (Wildman–Crippen LogP) is 4.23. The van der Waals surface area contributed by atoms with Crippen molar-refractivity contribution >= 4 is 15.9 Å². The van der Waals surface area contributed by atoms with Crippen LogP contribution in [-0.4, -0.2) is 15.5 Å². The number of hydrogen-bond donors (Lipinski definition) is 1. The first-order valence-corrected chi connectivity index (χ1v) is 7.62. The van der Waals surface area contributed by atoms with Gasteiger partial charge >= 0.3 is 0 Å². The first-order valence-electron chi connectivity index (χ1n) is 6.83. The fourth-order valence-corrected chi connectivity index (χ4v) is 2.14. The van der Waals surface area contributed by atoms with Gasteiger partial charge in [-0.25, -0.2) is 4.98 Å². The second kappa shape index (κ2) is 6.54. The molecule has 0 aromatic carbocycles. The van der Waals surface area contributed by atoms with Gasteiger partial charge in [-0.15, -0.1) is 0 Å². The molecular weight excluding hydrogens is 330 g/mol. The summed E-state index contributed by atoms with van der Waals surface area (Å²) in [4.78, 5) is 8.49. The summed E-state index contributed by atoms with van der Waals surface area (Å²) in [5, 5.41) is 3.46. The lowest BCUT2D eigenvalue weighted by molar-refractivity contribution is 0.421. The van der Waals surface area contributed by atoms with E-state index in [4.69, 9.17) is 4.74 Å². The van der Waals surface area contributed by atoms with Crippen molar-refractivity contribution in [2.45, 2.75) is 39.8 Å². The smallest absolute Gasteiger partial charge is 0.219 e. The Bertz CT molecular complexity index is 623. The highest BCUT2D eigenvalue weighted by Gasteiger charge is 2.10. The van der Waals surface area contributed by atoms with Crippen molar-refractivity contribution in [3.8, 4) is 11.6 Å². The number of hydrogen-bond acceptors (Lipinski definition) is 4. The van der Waals surface area contributed by atoms with Crippen molar-refractivity contribution in [1.29, 1.82) is 0 Å². The maximum Gasteiger partial charge on any atom is 0.219 e. The lowest BCUT2D eigenvalue weighted by atomic mass is 10.1. The number of rotatable bonds is 4. The molecule has 2 aromatic heterocycles. The minimum atomic E-state index is 0.0758. The molecule has 2 aromatic rings. The molecule has 21 heavy (non-hydrogen) atoms. The monoisotopic (exact) mass is 349 g/mol. The van der Waals surface area contributed by atoms with Gasteiger partial charge in [0, 0.05) is 34.5 Å². The topological polar surface area (TPSA) is 47.0 Å². The average Bonchev–Trinajstić information content (AvgIpc) is 2.35. The average molecular weight is 350 g/mol. The Balaban J connectivity index is 2.15. The molecule has 2 rings (SSSR count). The molecule has 0 amide bonds. The van der Waals surface area contributed by atoms with Crippen LogP contribution in [0.3, 0.4) is 0 Å². The van der Waals surface area contributed by atoms with E-state index in [1.54, 1.807) is 12.4 Å². The largest absolute Gasteiger partial charge is 0.437 e. The van der Waals surface area contributed by atoms with Crippen LogP contribution in [-0.2, 0) is 6.54 Å². The van der Waals surface area contributed by atoms with Crippen LogP contribution in [0.1, 0.15) is 32.0 Å². The van der Waals surface area contributed by atoms with E-state index in [9.17, 15) is 0 Å². The Morgan fingerprint density at radius 2 is 1.95 bits per heavy atom. The molecule has 0 saturated carbocycles. The maximum absolute atomic E-state index is 5.78. The standard InChI is InChI=1S/C16H20BrN3O/c1-11-5-12(8-19-16(2,3)4)6-15(20-11)21-14-7-13(17)9-18-10-14/h5-7,9-10,19H,8H2,1-4H3. The molecule has 0 aliphatic rings. The summed E-state index contributed by atoms with van der Waals surface area (Å²) in [6.07, 6.45) is 3.39. The lowest BCUT2D eigenvalue weighted by Gasteiger charge is -2.20. The van der Waals surface area contributed by atoms with Crippen LogP contribution in [0.5, 0.6) is 11.6 Å². The van der Waals surface area contributed by atoms with Gasteiger partial charge < -0.3 is 10.1 Å². The molecular formula is C16H20BrN3O. The van der Waals surface area contributed by atoms with Crippen LogP contribution in [0.15, 0.2) is 35.1 Å². The third-order valence-corrected chi connectivity index (χ3v) is 3.15. The Labute approximate surface area is 134 Å². The zero-order valence-corrected chi connectivity index (χ0v) is 14.4. The van der Waals surface area contributed by atoms with Crippen LogP contribution in [0, 0.1) is 6.92 Å². The van der Waals surface area contributed by atoms with Crippen LogP contribution in [0.2, 0.25) is 0 Å². The molecule has 0 atom stereocenters. The number of aromatic nitrogens is 2. The molecule has 0 radical (unpaired) electrons. The normalized spacial score (nSPS) is 11.5. The molecule has 1 N–H and O–H groups in total. The first kappa shape index (κ1) is 15.9. The minimum absolute atomic E-state index is 0.0758. The number of nitrogens with zero attached hydrogens (tertiary/aromatic N) is 2. The van der Waals surface area contributed by atoms with Crippen molar-refractivity contribution < 1.29 is 4.74 Å². The van der Waals surface area contributed by atoms with Gasteiger partial charge in [-0.05, 0) is 61.3 Å². The minimum Gasteiger partial charge on any atom is -0.437 e. The van der Waals surface area contributed by atoms with Crippen LogP contribution < -0.4 is 10.1 Å². The summed E-state index contributed by atoms with van der Waals surface area (Å²) < 4.78 is 6.66. The SMILES string of the molecule is Cc1cc(CNC(C)(C)C)cc(Oc2cncc(Br)c2)n1. The quantitative estimate of drug-likeness (QED) is 0.897. The zero-order chi connectivity index (χ0) is 15.5. The van der Waals surface area contributed by atoms with Gasteiger partial charge in [0.2, 0.25) is 5.88 Å². The molecule has 0 aliphatic carbocycles. The fourth-order valence-electron chi connectivity index (χ4n) is 1.80. The van der Waals surface area contributed by atoms with E-state index in [-0.39, 0.29) is 5.54 Å². The highest BCUT2D eigenvalue weighted by atomic mass is 79.9. The summed E-state index contributed by atoms with van der Waals surface area (Å²) in [7, 11) is 0. The molecule has 0 spiro atoms. The number of halogens is 1. The van der Waals surface area contributed by atoms with E-state index in [1.807, 2.05) is 19.1 Å². The maximum atomic E-state index is 5.78. The summed E-state index contributed by atoms with van der Waals surface area (Å²) in [6.45, 7) is 9.18. The summed E-state index contributed by atoms with van der Waals surface area (Å²) in [5.41, 5.74) is 2.16. The van der Waals surface area contributed by atoms with Crippen molar-refractivity contribution in [3.05, 3.63) is 46.3 Å². The van der Waals surface area contributed by atoms with E-state index in [2.05, 4.69) is 58.1 Å². The second-order valence-corrected chi connectivity index (χ2v) is 6.92. The molecule has 5 heteroatoms. The first-order chi connectivity index (χ1) is 9.82. The molecule has 0 unspecified atom stereocenters. The van der Waals surface area contributed by atoms with Crippen LogP contribution >= 0.6 is 15.9 Å². The van der Waals surface area contributed by atoms with Gasteiger partial charge in [0.25, 0.3) is 0 Å². The van der Waals surface area contributed by atoms with E-state index in [0.29, 0.717) is 11.6 Å². The van der Waals surface area contributed by atoms with Crippen molar-refractivity contribution in [3.63, 3.8) is 0 Å². The van der Waals surface area contributed by atoms with E-state index >= 15 is 0 Å². The van der Waals surface area contributed by atoms with Crippen molar-refractivity contribution in [1.82, 2.24) is 15.3 Å². The zero-order valence-electron chi connectivity index (χ0n) is 12.8. The fraction of sp³-hybridized carbons (Fsp3) is 0.375. The molecule has 0 bridgehead atoms. The second-order valence-electron chi connectivity index (χ2n) is 6.00. The number of pyridine rings is 2. The third-order valence-electron chi connectivity index (χ3n) is 2.71. The van der Waals surface area contributed by atoms with Crippen LogP contribution in [0.25, 0.3) is 0 Å². The number of ether oxygens (including phenoxy) is 1. The predicted molar refractivity (Wildman–Crippen MR) is 87.6 cm³/mol. The molecule has 112 valence electrons. The Hall–Kier alpha value is -1.46. The van der Waals surface area contributed by atoms with Crippen molar-refractivity contribution in [2.75, 3.05) is 0 Å². The summed E-state index contributed by atoms with van der Waals surface area (Å²) in [6, 6.07) is 5.88. The van der Waals surface area contributed by atoms with E-state index in [1.165, 1.54) is 0 Å². The Kier molecular flexibility index (Phi) is 4.96. The van der Waals surface area contributed by atoms with Crippen molar-refractivity contribution in [2.24, 2.45) is 0 Å². The van der Waals surface area contributed by atoms with Gasteiger partial charge in [0.1, 0.15) is 5.75 Å². The number of nitrogens with one attached hydrogen (secondary N) is 1. The summed E-state index contributed by atoms with van der Waals surface area (Å²) >= 11 is 3.38. The van der Waals surface area contributed by atoms with E-state index in [0.717, 1.165) is 22.3 Å². The van der Waals surface area contributed by atoms with Gasteiger partial charge in [0.15, 0.2) is 0 Å². The molecule has 0 aliphatic heterocycles. The van der Waals surface area contributed by atoms with Gasteiger partial charge in [0.05, 0.1) is 6.20 Å². The van der Waals surface area contributed by atoms with Gasteiger partial charge in [-0.2, -0.15) is 0 Å². The Morgan fingerprint density at radius 1 is 1.19 bits per heavy atom. The highest BCUT2D eigenvalue weighted by molar-refractivity contribution is 9.10. The summed E-state index contributed by atoms with van der Waals surface area (Å²) in [5.74, 6) is 1.25. The Morgan fingerprint density at radius 3 is 2.62 bits per heavy atom. The molecule has 0 saturated heterocycles.